The highest BCUT2D eigenvalue weighted by atomic mass is 32.2. The van der Waals surface area contributed by atoms with Gasteiger partial charge in [0.1, 0.15) is 5.75 Å². The fourth-order valence-electron chi connectivity index (χ4n) is 3.30. The number of hydrogen-bond acceptors (Lipinski definition) is 4. The van der Waals surface area contributed by atoms with Crippen LogP contribution in [0.1, 0.15) is 28.4 Å². The molecule has 0 spiro atoms. The Labute approximate surface area is 190 Å². The van der Waals surface area contributed by atoms with E-state index in [2.05, 4.69) is 0 Å². The number of sulfonamides is 1. The number of benzene rings is 3. The number of anilines is 1. The summed E-state index contributed by atoms with van der Waals surface area (Å²) in [5, 5.41) is 0. The van der Waals surface area contributed by atoms with Crippen LogP contribution in [-0.2, 0) is 16.6 Å². The van der Waals surface area contributed by atoms with Gasteiger partial charge < -0.3 is 9.64 Å². The summed E-state index contributed by atoms with van der Waals surface area (Å²) < 4.78 is 32.7. The first-order valence-corrected chi connectivity index (χ1v) is 11.8. The van der Waals surface area contributed by atoms with Crippen molar-refractivity contribution < 1.29 is 17.9 Å². The van der Waals surface area contributed by atoms with Gasteiger partial charge in [-0.3, -0.25) is 9.10 Å². The second-order valence-electron chi connectivity index (χ2n) is 7.53. The summed E-state index contributed by atoms with van der Waals surface area (Å²) in [6, 6.07) is 20.9. The van der Waals surface area contributed by atoms with Crippen molar-refractivity contribution in [3.8, 4) is 5.75 Å². The summed E-state index contributed by atoms with van der Waals surface area (Å²) in [5.74, 6) is 0.597. The van der Waals surface area contributed by atoms with Gasteiger partial charge >= 0.3 is 0 Å². The molecule has 6 nitrogen and oxygen atoms in total. The molecule has 0 aliphatic rings. The standard InChI is InChI=1S/C25H28N2O4S/c1-5-31-24-9-7-6-8-21(24)18-26(3)25(28)20-12-14-22(15-13-20)27(4)32(29,30)23-16-10-19(2)11-17-23/h6-17H,5,18H2,1-4H3. The molecule has 3 aromatic carbocycles. The van der Waals surface area contributed by atoms with E-state index in [-0.39, 0.29) is 10.8 Å². The molecule has 0 aromatic heterocycles. The van der Waals surface area contributed by atoms with Crippen LogP contribution in [0.15, 0.2) is 77.7 Å². The average molecular weight is 453 g/mol. The maximum absolute atomic E-state index is 12.9. The lowest BCUT2D eigenvalue weighted by atomic mass is 10.1. The van der Waals surface area contributed by atoms with Gasteiger partial charge in [0.15, 0.2) is 0 Å². The van der Waals surface area contributed by atoms with Crippen LogP contribution < -0.4 is 9.04 Å². The molecule has 0 saturated carbocycles. The Hall–Kier alpha value is -3.32. The molecule has 0 aliphatic carbocycles. The van der Waals surface area contributed by atoms with Crippen molar-refractivity contribution in [3.63, 3.8) is 0 Å². The van der Waals surface area contributed by atoms with Crippen LogP contribution in [0.4, 0.5) is 5.69 Å². The Kier molecular flexibility index (Phi) is 7.20. The Morgan fingerprint density at radius 2 is 1.53 bits per heavy atom. The van der Waals surface area contributed by atoms with Crippen molar-refractivity contribution in [1.82, 2.24) is 4.90 Å². The van der Waals surface area contributed by atoms with E-state index in [1.807, 2.05) is 38.1 Å². The highest BCUT2D eigenvalue weighted by Crippen LogP contribution is 2.24. The van der Waals surface area contributed by atoms with Crippen molar-refractivity contribution in [1.29, 1.82) is 0 Å². The van der Waals surface area contributed by atoms with Crippen LogP contribution in [0.2, 0.25) is 0 Å². The summed E-state index contributed by atoms with van der Waals surface area (Å²) in [7, 11) is -0.453. The number of rotatable bonds is 8. The molecule has 168 valence electrons. The molecule has 0 saturated heterocycles. The number of hydrogen-bond donors (Lipinski definition) is 0. The summed E-state index contributed by atoms with van der Waals surface area (Å²) >= 11 is 0. The Balaban J connectivity index is 1.74. The highest BCUT2D eigenvalue weighted by Gasteiger charge is 2.22. The van der Waals surface area contributed by atoms with Gasteiger partial charge in [0.25, 0.3) is 15.9 Å². The smallest absolute Gasteiger partial charge is 0.264 e. The summed E-state index contributed by atoms with van der Waals surface area (Å²) in [6.07, 6.45) is 0. The van der Waals surface area contributed by atoms with Gasteiger partial charge in [-0.05, 0) is 56.3 Å². The molecule has 0 bridgehead atoms. The average Bonchev–Trinajstić information content (AvgIpc) is 2.80. The number of carbonyl (C=O) groups excluding carboxylic acids is 1. The SMILES string of the molecule is CCOc1ccccc1CN(C)C(=O)c1ccc(N(C)S(=O)(=O)c2ccc(C)cc2)cc1. The minimum Gasteiger partial charge on any atom is -0.494 e. The third kappa shape index (κ3) is 5.11. The summed E-state index contributed by atoms with van der Waals surface area (Å²) in [4.78, 5) is 14.7. The zero-order valence-electron chi connectivity index (χ0n) is 18.8. The zero-order valence-corrected chi connectivity index (χ0v) is 19.6. The van der Waals surface area contributed by atoms with Gasteiger partial charge in [-0.15, -0.1) is 0 Å². The first-order valence-electron chi connectivity index (χ1n) is 10.4. The lowest BCUT2D eigenvalue weighted by Gasteiger charge is -2.21. The third-order valence-electron chi connectivity index (χ3n) is 5.18. The molecule has 0 heterocycles. The molecule has 0 radical (unpaired) electrons. The fraction of sp³-hybridized carbons (Fsp3) is 0.240. The van der Waals surface area contributed by atoms with Crippen molar-refractivity contribution in [3.05, 3.63) is 89.5 Å². The number of para-hydroxylation sites is 1. The normalized spacial score (nSPS) is 11.1. The van der Waals surface area contributed by atoms with Crippen LogP contribution >= 0.6 is 0 Å². The van der Waals surface area contributed by atoms with E-state index < -0.39 is 10.0 Å². The second-order valence-corrected chi connectivity index (χ2v) is 9.50. The molecule has 0 unspecified atom stereocenters. The van der Waals surface area contributed by atoms with Crippen molar-refractivity contribution >= 4 is 21.6 Å². The maximum Gasteiger partial charge on any atom is 0.264 e. The maximum atomic E-state index is 12.9. The van der Waals surface area contributed by atoms with E-state index in [0.29, 0.717) is 24.4 Å². The topological polar surface area (TPSA) is 66.9 Å². The quantitative estimate of drug-likeness (QED) is 0.505. The lowest BCUT2D eigenvalue weighted by Crippen LogP contribution is -2.28. The van der Waals surface area contributed by atoms with E-state index in [9.17, 15) is 13.2 Å². The van der Waals surface area contributed by atoms with Crippen LogP contribution in [0.5, 0.6) is 5.75 Å². The molecular formula is C25H28N2O4S. The minimum absolute atomic E-state index is 0.160. The summed E-state index contributed by atoms with van der Waals surface area (Å²) in [5.41, 5.74) is 2.87. The molecular weight excluding hydrogens is 424 g/mol. The Morgan fingerprint density at radius 3 is 2.16 bits per heavy atom. The Morgan fingerprint density at radius 1 is 0.906 bits per heavy atom. The molecule has 32 heavy (non-hydrogen) atoms. The molecule has 0 atom stereocenters. The van der Waals surface area contributed by atoms with Gasteiger partial charge in [-0.1, -0.05) is 35.9 Å². The zero-order chi connectivity index (χ0) is 23.3. The first kappa shape index (κ1) is 23.3. The number of carbonyl (C=O) groups is 1. The van der Waals surface area contributed by atoms with Crippen molar-refractivity contribution in [2.75, 3.05) is 25.0 Å². The van der Waals surface area contributed by atoms with Crippen LogP contribution in [0.25, 0.3) is 0 Å². The predicted octanol–water partition coefficient (Wildman–Crippen LogP) is 4.49. The van der Waals surface area contributed by atoms with Crippen LogP contribution in [0.3, 0.4) is 0 Å². The molecule has 7 heteroatoms. The van der Waals surface area contributed by atoms with E-state index >= 15 is 0 Å². The largest absolute Gasteiger partial charge is 0.494 e. The number of nitrogens with zero attached hydrogens (tertiary/aromatic N) is 2. The van der Waals surface area contributed by atoms with E-state index in [1.54, 1.807) is 60.5 Å². The fourth-order valence-corrected chi connectivity index (χ4v) is 4.50. The molecule has 0 fully saturated rings. The minimum atomic E-state index is -3.69. The number of aryl methyl sites for hydroxylation is 1. The van der Waals surface area contributed by atoms with Gasteiger partial charge in [0.2, 0.25) is 0 Å². The second kappa shape index (κ2) is 9.87. The number of ether oxygens (including phenoxy) is 1. The van der Waals surface area contributed by atoms with Gasteiger partial charge in [0, 0.05) is 31.8 Å². The third-order valence-corrected chi connectivity index (χ3v) is 6.98. The molecule has 0 aliphatic heterocycles. The highest BCUT2D eigenvalue weighted by molar-refractivity contribution is 7.92. The summed E-state index contributed by atoms with van der Waals surface area (Å²) in [6.45, 7) is 4.78. The number of amides is 1. The first-order chi connectivity index (χ1) is 15.2. The molecule has 0 N–H and O–H groups in total. The molecule has 1 amide bonds. The van der Waals surface area contributed by atoms with Gasteiger partial charge in [0.05, 0.1) is 17.2 Å². The monoisotopic (exact) mass is 452 g/mol. The Bertz CT molecular complexity index is 1170. The van der Waals surface area contributed by atoms with Gasteiger partial charge in [-0.25, -0.2) is 8.42 Å². The van der Waals surface area contributed by atoms with E-state index in [1.165, 1.54) is 11.4 Å². The lowest BCUT2D eigenvalue weighted by molar-refractivity contribution is 0.0784. The van der Waals surface area contributed by atoms with E-state index in [4.69, 9.17) is 4.74 Å². The van der Waals surface area contributed by atoms with Gasteiger partial charge in [-0.2, -0.15) is 0 Å². The van der Waals surface area contributed by atoms with Crippen molar-refractivity contribution in [2.45, 2.75) is 25.3 Å². The molecule has 3 aromatic rings. The molecule has 3 rings (SSSR count). The predicted molar refractivity (Wildman–Crippen MR) is 127 cm³/mol. The van der Waals surface area contributed by atoms with Crippen LogP contribution in [-0.4, -0.2) is 39.9 Å². The van der Waals surface area contributed by atoms with E-state index in [0.717, 1.165) is 16.9 Å². The van der Waals surface area contributed by atoms with Crippen LogP contribution in [0, 0.1) is 6.92 Å². The van der Waals surface area contributed by atoms with Crippen molar-refractivity contribution in [2.24, 2.45) is 0 Å².